The summed E-state index contributed by atoms with van der Waals surface area (Å²) in [6, 6.07) is 29.0. The molecule has 3 aromatic carbocycles. The minimum Gasteiger partial charge on any atom is -0.378 e. The van der Waals surface area contributed by atoms with Crippen LogP contribution in [0.5, 0.6) is 0 Å². The van der Waals surface area contributed by atoms with Crippen LogP contribution in [0, 0.1) is 0 Å². The summed E-state index contributed by atoms with van der Waals surface area (Å²) in [5, 5.41) is 11.7. The fourth-order valence-corrected chi connectivity index (χ4v) is 4.63. The molecule has 182 valence electrons. The van der Waals surface area contributed by atoms with Gasteiger partial charge in [-0.1, -0.05) is 104 Å². The number of halogens is 1. The average Bonchev–Trinajstić information content (AvgIpc) is 3.21. The van der Waals surface area contributed by atoms with Crippen molar-refractivity contribution in [1.29, 1.82) is 0 Å². The molecule has 35 heavy (non-hydrogen) atoms. The Morgan fingerprint density at radius 1 is 0.914 bits per heavy atom. The first kappa shape index (κ1) is 25.0. The van der Waals surface area contributed by atoms with Crippen LogP contribution < -0.4 is 0 Å². The van der Waals surface area contributed by atoms with Crippen molar-refractivity contribution in [2.45, 2.75) is 43.0 Å². The number of hydrogen-bond donors (Lipinski definition) is 1. The van der Waals surface area contributed by atoms with E-state index in [9.17, 15) is 5.11 Å². The largest absolute Gasteiger partial charge is 0.378 e. The topological polar surface area (TPSA) is 47.9 Å². The summed E-state index contributed by atoms with van der Waals surface area (Å²) >= 11 is 0. The van der Waals surface area contributed by atoms with Gasteiger partial charge in [0.1, 0.15) is 23.6 Å². The highest BCUT2D eigenvalue weighted by Crippen LogP contribution is 2.44. The van der Waals surface area contributed by atoms with Gasteiger partial charge in [0.15, 0.2) is 11.4 Å². The van der Waals surface area contributed by atoms with Gasteiger partial charge < -0.3 is 19.3 Å². The van der Waals surface area contributed by atoms with Gasteiger partial charge in [-0.3, -0.25) is 0 Å². The van der Waals surface area contributed by atoms with Gasteiger partial charge in [0.25, 0.3) is 0 Å². The summed E-state index contributed by atoms with van der Waals surface area (Å²) in [5.41, 5.74) is -0.863. The van der Waals surface area contributed by atoms with Crippen molar-refractivity contribution in [2.75, 3.05) is 6.61 Å². The maximum absolute atomic E-state index is 15.1. The van der Waals surface area contributed by atoms with E-state index in [-0.39, 0.29) is 0 Å². The third-order valence-electron chi connectivity index (χ3n) is 6.35. The first-order valence-electron chi connectivity index (χ1n) is 11.6. The molecule has 0 spiro atoms. The highest BCUT2D eigenvalue weighted by Gasteiger charge is 2.54. The molecule has 1 N–H and O–H groups in total. The molecule has 0 aliphatic carbocycles. The first-order valence-corrected chi connectivity index (χ1v) is 11.6. The quantitative estimate of drug-likeness (QED) is 0.309. The number of benzene rings is 3. The highest BCUT2D eigenvalue weighted by molar-refractivity contribution is 5.47. The number of ether oxygens (including phenoxy) is 3. The molecule has 0 radical (unpaired) electrons. The van der Waals surface area contributed by atoms with Gasteiger partial charge in [-0.15, -0.1) is 6.58 Å². The Labute approximate surface area is 206 Å². The summed E-state index contributed by atoms with van der Waals surface area (Å²) in [5.74, 6) is -2.01. The summed E-state index contributed by atoms with van der Waals surface area (Å²) in [6.45, 7) is 10.2. The fourth-order valence-electron chi connectivity index (χ4n) is 4.63. The first-order chi connectivity index (χ1) is 16.7. The molecular formula is C30H31FO4. The lowest BCUT2D eigenvalue weighted by Gasteiger charge is -2.40. The Hall–Kier alpha value is -3.09. The molecule has 4 nitrogen and oxygen atoms in total. The van der Waals surface area contributed by atoms with Crippen molar-refractivity contribution in [3.8, 4) is 0 Å². The predicted octanol–water partition coefficient (Wildman–Crippen LogP) is 5.92. The predicted molar refractivity (Wildman–Crippen MR) is 134 cm³/mol. The maximum atomic E-state index is 15.1. The molecule has 0 bridgehead atoms. The lowest BCUT2D eigenvalue weighted by Crippen LogP contribution is -2.53. The van der Waals surface area contributed by atoms with Crippen molar-refractivity contribution in [1.82, 2.24) is 0 Å². The highest BCUT2D eigenvalue weighted by atomic mass is 19.1. The summed E-state index contributed by atoms with van der Waals surface area (Å²) < 4.78 is 33.5. The van der Waals surface area contributed by atoms with Crippen molar-refractivity contribution in [2.24, 2.45) is 0 Å². The van der Waals surface area contributed by atoms with E-state index in [1.165, 1.54) is 6.08 Å². The smallest absolute Gasteiger partial charge is 0.167 e. The van der Waals surface area contributed by atoms with Crippen LogP contribution in [0.15, 0.2) is 116 Å². The van der Waals surface area contributed by atoms with Crippen LogP contribution in [0.3, 0.4) is 0 Å². The van der Waals surface area contributed by atoms with Gasteiger partial charge in [0.2, 0.25) is 0 Å². The van der Waals surface area contributed by atoms with E-state index in [1.807, 2.05) is 91.0 Å². The number of hydrogen-bond acceptors (Lipinski definition) is 4. The molecule has 5 heteroatoms. The van der Waals surface area contributed by atoms with Gasteiger partial charge in [-0.2, -0.15) is 0 Å². The van der Waals surface area contributed by atoms with Crippen LogP contribution in [-0.2, 0) is 19.8 Å². The lowest BCUT2D eigenvalue weighted by molar-refractivity contribution is -0.183. The van der Waals surface area contributed by atoms with Crippen LogP contribution >= 0.6 is 0 Å². The second kappa shape index (κ2) is 9.88. The monoisotopic (exact) mass is 474 g/mol. The summed E-state index contributed by atoms with van der Waals surface area (Å²) in [7, 11) is 0. The Morgan fingerprint density at radius 2 is 1.34 bits per heavy atom. The molecule has 1 fully saturated rings. The Balaban J connectivity index is 1.85. The van der Waals surface area contributed by atoms with Crippen LogP contribution in [-0.4, -0.2) is 35.3 Å². The summed E-state index contributed by atoms with van der Waals surface area (Å²) in [4.78, 5) is 0. The lowest BCUT2D eigenvalue weighted by atomic mass is 9.79. The molecule has 1 heterocycles. The van der Waals surface area contributed by atoms with Gasteiger partial charge in [0.05, 0.1) is 6.61 Å². The van der Waals surface area contributed by atoms with Crippen LogP contribution in [0.1, 0.15) is 30.5 Å². The second-order valence-electron chi connectivity index (χ2n) is 9.15. The zero-order valence-corrected chi connectivity index (χ0v) is 20.1. The normalized spacial score (nSPS) is 21.3. The van der Waals surface area contributed by atoms with Gasteiger partial charge in [0, 0.05) is 0 Å². The molecule has 1 aliphatic rings. The number of rotatable bonds is 9. The Bertz CT molecular complexity index is 1050. The van der Waals surface area contributed by atoms with E-state index in [4.69, 9.17) is 14.2 Å². The molecule has 0 unspecified atom stereocenters. The van der Waals surface area contributed by atoms with E-state index in [0.29, 0.717) is 0 Å². The standard InChI is InChI=1S/C30H31FO4/c1-5-26-27(35-28(3,4)34-26)29(32,22(2)31)21-33-30(23-15-9-6-10-16-23,24-17-11-7-12-18-24)25-19-13-8-14-20-25/h5-20,26-27,32H,1-2,21H2,3-4H3/t26-,27-,29-/m0/s1. The molecular weight excluding hydrogens is 443 g/mol. The molecule has 3 atom stereocenters. The zero-order chi connectivity index (χ0) is 25.1. The van der Waals surface area contributed by atoms with Gasteiger partial charge >= 0.3 is 0 Å². The fraction of sp³-hybridized carbons (Fsp3) is 0.267. The van der Waals surface area contributed by atoms with E-state index >= 15 is 4.39 Å². The molecule has 1 aliphatic heterocycles. The zero-order valence-electron chi connectivity index (χ0n) is 20.1. The van der Waals surface area contributed by atoms with Gasteiger partial charge in [-0.05, 0) is 30.5 Å². The van der Waals surface area contributed by atoms with E-state index in [1.54, 1.807) is 13.8 Å². The molecule has 0 amide bonds. The van der Waals surface area contributed by atoms with Crippen molar-refractivity contribution in [3.05, 3.63) is 133 Å². The Morgan fingerprint density at radius 3 is 1.71 bits per heavy atom. The second-order valence-corrected chi connectivity index (χ2v) is 9.15. The van der Waals surface area contributed by atoms with Crippen LogP contribution in [0.25, 0.3) is 0 Å². The third-order valence-corrected chi connectivity index (χ3v) is 6.35. The van der Waals surface area contributed by atoms with Crippen molar-refractivity contribution in [3.63, 3.8) is 0 Å². The van der Waals surface area contributed by atoms with Crippen molar-refractivity contribution >= 4 is 0 Å². The minimum atomic E-state index is -2.20. The summed E-state index contributed by atoms with van der Waals surface area (Å²) in [6.07, 6.45) is -0.371. The number of aliphatic hydroxyl groups is 1. The average molecular weight is 475 g/mol. The van der Waals surface area contributed by atoms with Gasteiger partial charge in [-0.25, -0.2) is 4.39 Å². The SMILES string of the molecule is C=C[C@@H]1OC(C)(C)O[C@@H]1[C@](O)(COC(c1ccccc1)(c1ccccc1)c1ccccc1)C(=C)F. The molecule has 0 saturated carbocycles. The molecule has 3 aromatic rings. The minimum absolute atomic E-state index is 0.449. The van der Waals surface area contributed by atoms with E-state index in [2.05, 4.69) is 13.2 Å². The van der Waals surface area contributed by atoms with E-state index in [0.717, 1.165) is 16.7 Å². The maximum Gasteiger partial charge on any atom is 0.167 e. The van der Waals surface area contributed by atoms with E-state index < -0.39 is 41.6 Å². The molecule has 0 aromatic heterocycles. The Kier molecular flexibility index (Phi) is 7.06. The van der Waals surface area contributed by atoms with Crippen LogP contribution in [0.2, 0.25) is 0 Å². The molecule has 1 saturated heterocycles. The molecule has 4 rings (SSSR count). The van der Waals surface area contributed by atoms with Crippen LogP contribution in [0.4, 0.5) is 4.39 Å². The van der Waals surface area contributed by atoms with Crippen molar-refractivity contribution < 1.29 is 23.7 Å². The third kappa shape index (κ3) is 4.73.